The molecule has 11 heavy (non-hydrogen) atoms. The summed E-state index contributed by atoms with van der Waals surface area (Å²) in [5, 5.41) is 6.89. The van der Waals surface area contributed by atoms with E-state index < -0.39 is 11.9 Å². The fourth-order valence-electron chi connectivity index (χ4n) is 0.303. The van der Waals surface area contributed by atoms with E-state index in [0.29, 0.717) is 0 Å². The fourth-order valence-corrected chi connectivity index (χ4v) is 0.303. The van der Waals surface area contributed by atoms with Crippen molar-refractivity contribution in [3.63, 3.8) is 0 Å². The van der Waals surface area contributed by atoms with Crippen LogP contribution in [-0.2, 0) is 19.1 Å². The van der Waals surface area contributed by atoms with Crippen molar-refractivity contribution in [2.24, 2.45) is 0 Å². The summed E-state index contributed by atoms with van der Waals surface area (Å²) in [6, 6.07) is 0. The SMILES string of the molecule is O=C1C=CC(=O)O1.O=CO.[Ca+2].[H-].[H-]. The number of carbonyl (C=O) groups excluding carboxylic acids is 2. The van der Waals surface area contributed by atoms with Gasteiger partial charge in [-0.3, -0.25) is 4.79 Å². The number of cyclic esters (lactones) is 2. The number of rotatable bonds is 0. The average molecular weight is 186 g/mol. The predicted octanol–water partition coefficient (Wildman–Crippen LogP) is -0.829. The van der Waals surface area contributed by atoms with Crippen LogP contribution in [0.25, 0.3) is 0 Å². The predicted molar refractivity (Wildman–Crippen MR) is 36.9 cm³/mol. The molecule has 1 rings (SSSR count). The van der Waals surface area contributed by atoms with Gasteiger partial charge in [-0.05, 0) is 0 Å². The van der Waals surface area contributed by atoms with E-state index in [0.717, 1.165) is 12.2 Å². The first-order valence-electron chi connectivity index (χ1n) is 2.22. The van der Waals surface area contributed by atoms with Gasteiger partial charge in [-0.2, -0.15) is 0 Å². The normalized spacial score (nSPS) is 12.4. The Labute approximate surface area is 95.0 Å². The third-order valence-corrected chi connectivity index (χ3v) is 0.557. The van der Waals surface area contributed by atoms with Gasteiger partial charge in [0.05, 0.1) is 0 Å². The van der Waals surface area contributed by atoms with Crippen molar-refractivity contribution in [1.29, 1.82) is 0 Å². The van der Waals surface area contributed by atoms with Gasteiger partial charge >= 0.3 is 49.7 Å². The van der Waals surface area contributed by atoms with Crippen LogP contribution >= 0.6 is 0 Å². The van der Waals surface area contributed by atoms with Gasteiger partial charge < -0.3 is 12.7 Å². The van der Waals surface area contributed by atoms with Crippen molar-refractivity contribution in [2.75, 3.05) is 0 Å². The first-order chi connectivity index (χ1) is 4.70. The van der Waals surface area contributed by atoms with E-state index in [1.54, 1.807) is 0 Å². The molecule has 0 aliphatic carbocycles. The zero-order chi connectivity index (χ0) is 7.98. The van der Waals surface area contributed by atoms with Crippen molar-refractivity contribution >= 4 is 56.1 Å². The summed E-state index contributed by atoms with van der Waals surface area (Å²) < 4.78 is 3.97. The molecule has 0 fully saturated rings. The van der Waals surface area contributed by atoms with E-state index in [1.807, 2.05) is 0 Å². The molecule has 0 saturated heterocycles. The molecule has 0 unspecified atom stereocenters. The second-order valence-electron chi connectivity index (χ2n) is 1.18. The van der Waals surface area contributed by atoms with E-state index in [-0.39, 0.29) is 47.1 Å². The maximum absolute atomic E-state index is 9.92. The first-order valence-corrected chi connectivity index (χ1v) is 2.22. The minimum absolute atomic E-state index is 0. The van der Waals surface area contributed by atoms with Gasteiger partial charge in [0.25, 0.3) is 6.47 Å². The van der Waals surface area contributed by atoms with Crippen LogP contribution < -0.4 is 0 Å². The monoisotopic (exact) mass is 186 g/mol. The molecule has 1 heterocycles. The zero-order valence-electron chi connectivity index (χ0n) is 7.52. The van der Waals surface area contributed by atoms with Gasteiger partial charge in [-0.15, -0.1) is 0 Å². The van der Waals surface area contributed by atoms with Crippen LogP contribution in [0.4, 0.5) is 0 Å². The molecule has 0 saturated carbocycles. The molecule has 0 radical (unpaired) electrons. The third kappa shape index (κ3) is 7.51. The molecule has 0 aromatic heterocycles. The number of carbonyl (C=O) groups is 3. The Kier molecular flexibility index (Phi) is 9.27. The average Bonchev–Trinajstić information content (AvgIpc) is 2.17. The van der Waals surface area contributed by atoms with Gasteiger partial charge in [-0.1, -0.05) is 0 Å². The van der Waals surface area contributed by atoms with Gasteiger partial charge in [0.1, 0.15) is 0 Å². The van der Waals surface area contributed by atoms with Crippen LogP contribution in [0.3, 0.4) is 0 Å². The number of hydrogen-bond acceptors (Lipinski definition) is 4. The molecule has 0 aromatic rings. The molecule has 1 N–H and O–H groups in total. The molecular weight excluding hydrogens is 180 g/mol. The molecule has 1 aliphatic heterocycles. The molecule has 0 spiro atoms. The van der Waals surface area contributed by atoms with Gasteiger partial charge in [0.2, 0.25) is 0 Å². The van der Waals surface area contributed by atoms with Crippen molar-refractivity contribution in [2.45, 2.75) is 0 Å². The second-order valence-corrected chi connectivity index (χ2v) is 1.18. The van der Waals surface area contributed by atoms with Crippen LogP contribution in [0, 0.1) is 0 Å². The summed E-state index contributed by atoms with van der Waals surface area (Å²) in [5.41, 5.74) is 0. The van der Waals surface area contributed by atoms with E-state index in [4.69, 9.17) is 9.90 Å². The van der Waals surface area contributed by atoms with Gasteiger partial charge in [0, 0.05) is 12.2 Å². The third-order valence-electron chi connectivity index (χ3n) is 0.557. The van der Waals surface area contributed by atoms with E-state index in [2.05, 4.69) is 4.74 Å². The quantitative estimate of drug-likeness (QED) is 0.231. The van der Waals surface area contributed by atoms with Gasteiger partial charge in [-0.25, -0.2) is 9.59 Å². The first kappa shape index (κ1) is 13.2. The summed E-state index contributed by atoms with van der Waals surface area (Å²) in [5.74, 6) is -1.16. The molecule has 6 heteroatoms. The van der Waals surface area contributed by atoms with Crippen LogP contribution in [0.15, 0.2) is 12.2 Å². The maximum Gasteiger partial charge on any atom is 2.00 e. The van der Waals surface area contributed by atoms with Crippen LogP contribution in [-0.4, -0.2) is 61.3 Å². The van der Waals surface area contributed by atoms with Crippen LogP contribution in [0.2, 0.25) is 0 Å². The standard InChI is InChI=1S/C4H2O3.CH2O2.Ca.2H/c5-3-1-2-4(6)7-3;2-1-3;;;/h1-2H;1H,(H,2,3);;;/q;;+2;2*-1. The minimum atomic E-state index is -0.579. The Bertz CT molecular complexity index is 177. The molecule has 0 aromatic carbocycles. The van der Waals surface area contributed by atoms with Crippen molar-refractivity contribution in [3.05, 3.63) is 12.2 Å². The van der Waals surface area contributed by atoms with Gasteiger partial charge in [0.15, 0.2) is 0 Å². The number of esters is 2. The van der Waals surface area contributed by atoms with Crippen LogP contribution in [0.1, 0.15) is 2.85 Å². The minimum Gasteiger partial charge on any atom is -1.00 e. The van der Waals surface area contributed by atoms with E-state index >= 15 is 0 Å². The summed E-state index contributed by atoms with van der Waals surface area (Å²) in [6.07, 6.45) is 2.17. The smallest absolute Gasteiger partial charge is 1.00 e. The summed E-state index contributed by atoms with van der Waals surface area (Å²) in [6.45, 7) is -0.250. The van der Waals surface area contributed by atoms with E-state index in [1.165, 1.54) is 0 Å². The van der Waals surface area contributed by atoms with E-state index in [9.17, 15) is 9.59 Å². The Hall–Kier alpha value is -0.390. The number of carboxylic acid groups (broad SMARTS) is 1. The Morgan fingerprint density at radius 1 is 1.36 bits per heavy atom. The van der Waals surface area contributed by atoms with Crippen molar-refractivity contribution in [1.82, 2.24) is 0 Å². The fraction of sp³-hybridized carbons (Fsp3) is 0. The topological polar surface area (TPSA) is 80.7 Å². The summed E-state index contributed by atoms with van der Waals surface area (Å²) in [4.78, 5) is 28.2. The summed E-state index contributed by atoms with van der Waals surface area (Å²) in [7, 11) is 0. The maximum atomic E-state index is 9.92. The zero-order valence-corrected chi connectivity index (χ0v) is 7.73. The molecule has 0 atom stereocenters. The van der Waals surface area contributed by atoms with Crippen molar-refractivity contribution < 1.29 is 27.1 Å². The molecule has 58 valence electrons. The Balaban J connectivity index is -0.0000000615. The molecular formula is C5H6CaO5. The second kappa shape index (κ2) is 7.71. The summed E-state index contributed by atoms with van der Waals surface area (Å²) >= 11 is 0. The molecule has 0 amide bonds. The largest absolute Gasteiger partial charge is 2.00 e. The van der Waals surface area contributed by atoms with Crippen molar-refractivity contribution in [3.8, 4) is 0 Å². The Morgan fingerprint density at radius 2 is 1.64 bits per heavy atom. The number of hydrogen-bond donors (Lipinski definition) is 1. The number of ether oxygens (including phenoxy) is 1. The Morgan fingerprint density at radius 3 is 1.73 bits per heavy atom. The molecule has 1 aliphatic rings. The van der Waals surface area contributed by atoms with Crippen LogP contribution in [0.5, 0.6) is 0 Å². The molecule has 5 nitrogen and oxygen atoms in total. The molecule has 0 bridgehead atoms.